The Morgan fingerprint density at radius 3 is 2.83 bits per heavy atom. The molecule has 1 N–H and O–H groups in total. The van der Waals surface area contributed by atoms with Crippen LogP contribution in [0.2, 0.25) is 0 Å². The van der Waals surface area contributed by atoms with E-state index < -0.39 is 0 Å². The Morgan fingerprint density at radius 1 is 1.10 bits per heavy atom. The van der Waals surface area contributed by atoms with Crippen molar-refractivity contribution in [2.24, 2.45) is 0 Å². The Morgan fingerprint density at radius 2 is 2.00 bits per heavy atom. The fraction of sp³-hybridized carbons (Fsp3) is 0.0500. The van der Waals surface area contributed by atoms with Crippen LogP contribution in [0.3, 0.4) is 0 Å². The Bertz CT molecular complexity index is 1300. The molecule has 0 atom stereocenters. The minimum atomic E-state index is -0.311. The van der Waals surface area contributed by atoms with Gasteiger partial charge >= 0.3 is 0 Å². The van der Waals surface area contributed by atoms with Gasteiger partial charge in [0.05, 0.1) is 11.9 Å². The number of aromatic nitrogens is 5. The largest absolute Gasteiger partial charge is 0.296 e. The SMILES string of the molecule is O=C(Nc1nnc(SCc2cccs2)s1)c1cnn2c(-c3ccccc3)ccnc12. The molecule has 7 nitrogen and oxygen atoms in total. The quantitative estimate of drug-likeness (QED) is 0.294. The third kappa shape index (κ3) is 3.84. The number of nitrogens with one attached hydrogen (secondary N) is 1. The monoisotopic (exact) mass is 450 g/mol. The number of amides is 1. The van der Waals surface area contributed by atoms with E-state index in [0.717, 1.165) is 21.3 Å². The third-order valence-electron chi connectivity index (χ3n) is 4.26. The number of carbonyl (C=O) groups is 1. The Balaban J connectivity index is 1.34. The van der Waals surface area contributed by atoms with Gasteiger partial charge in [-0.3, -0.25) is 10.1 Å². The Kier molecular flexibility index (Phi) is 5.26. The summed E-state index contributed by atoms with van der Waals surface area (Å²) in [5.74, 6) is 0.522. The first-order valence-corrected chi connectivity index (χ1v) is 11.6. The molecule has 4 heterocycles. The fourth-order valence-electron chi connectivity index (χ4n) is 2.89. The first-order valence-electron chi connectivity index (χ1n) is 8.96. The van der Waals surface area contributed by atoms with Gasteiger partial charge in [-0.25, -0.2) is 9.50 Å². The van der Waals surface area contributed by atoms with E-state index in [0.29, 0.717) is 16.3 Å². The number of carbonyl (C=O) groups excluding carboxylic acids is 1. The van der Waals surface area contributed by atoms with Crippen LogP contribution in [0.4, 0.5) is 5.13 Å². The fourth-order valence-corrected chi connectivity index (χ4v) is 5.41. The highest BCUT2D eigenvalue weighted by Gasteiger charge is 2.18. The average molecular weight is 451 g/mol. The van der Waals surface area contributed by atoms with Gasteiger partial charge in [0.25, 0.3) is 5.91 Å². The standard InChI is InChI=1S/C20H14N6OS3/c27-18(23-19-24-25-20(30-19)29-12-14-7-4-10-28-14)15-11-22-26-16(8-9-21-17(15)26)13-5-2-1-3-6-13/h1-11H,12H2,(H,23,24,27). The zero-order chi connectivity index (χ0) is 20.3. The summed E-state index contributed by atoms with van der Waals surface area (Å²) in [6.45, 7) is 0. The van der Waals surface area contributed by atoms with Crippen LogP contribution in [0, 0.1) is 0 Å². The Labute approximate surface area is 183 Å². The van der Waals surface area contributed by atoms with Crippen molar-refractivity contribution in [3.8, 4) is 11.3 Å². The third-order valence-corrected chi connectivity index (χ3v) is 7.34. The van der Waals surface area contributed by atoms with Crippen molar-refractivity contribution in [1.82, 2.24) is 24.8 Å². The zero-order valence-corrected chi connectivity index (χ0v) is 17.9. The van der Waals surface area contributed by atoms with Gasteiger partial charge in [0.2, 0.25) is 5.13 Å². The number of hydrogen-bond acceptors (Lipinski definition) is 8. The summed E-state index contributed by atoms with van der Waals surface area (Å²) < 4.78 is 2.48. The second kappa shape index (κ2) is 8.34. The van der Waals surface area contributed by atoms with Crippen molar-refractivity contribution in [2.45, 2.75) is 10.1 Å². The van der Waals surface area contributed by atoms with Crippen LogP contribution in [0.25, 0.3) is 16.9 Å². The molecule has 0 radical (unpaired) electrons. The van der Waals surface area contributed by atoms with Crippen LogP contribution in [0.15, 0.2) is 70.6 Å². The van der Waals surface area contributed by atoms with E-state index in [2.05, 4.69) is 37.0 Å². The van der Waals surface area contributed by atoms with Crippen molar-refractivity contribution >= 4 is 51.1 Å². The van der Waals surface area contributed by atoms with Gasteiger partial charge in [-0.1, -0.05) is 59.5 Å². The molecule has 5 aromatic rings. The number of thiophene rings is 1. The van der Waals surface area contributed by atoms with Gasteiger partial charge in [0.1, 0.15) is 5.56 Å². The molecule has 0 saturated carbocycles. The molecule has 0 aliphatic carbocycles. The second-order valence-electron chi connectivity index (χ2n) is 6.19. The van der Waals surface area contributed by atoms with Crippen LogP contribution in [0.1, 0.15) is 15.2 Å². The number of hydrogen-bond donors (Lipinski definition) is 1. The lowest BCUT2D eigenvalue weighted by Gasteiger charge is -2.04. The maximum absolute atomic E-state index is 12.8. The molecule has 1 amide bonds. The Hall–Kier alpha value is -3.08. The van der Waals surface area contributed by atoms with Crippen LogP contribution >= 0.6 is 34.4 Å². The van der Waals surface area contributed by atoms with Crippen molar-refractivity contribution < 1.29 is 4.79 Å². The number of anilines is 1. The molecule has 1 aromatic carbocycles. The molecular formula is C20H14N6OS3. The maximum atomic E-state index is 12.8. The van der Waals surface area contributed by atoms with Gasteiger partial charge in [-0.2, -0.15) is 5.10 Å². The van der Waals surface area contributed by atoms with Crippen molar-refractivity contribution in [3.05, 3.63) is 76.7 Å². The topological polar surface area (TPSA) is 85.1 Å². The normalized spacial score (nSPS) is 11.1. The lowest BCUT2D eigenvalue weighted by atomic mass is 10.1. The average Bonchev–Trinajstić information content (AvgIpc) is 3.53. The molecule has 0 saturated heterocycles. The summed E-state index contributed by atoms with van der Waals surface area (Å²) in [5.41, 5.74) is 2.74. The van der Waals surface area contributed by atoms with E-state index >= 15 is 0 Å². The van der Waals surface area contributed by atoms with Gasteiger partial charge in [-0.15, -0.1) is 21.5 Å². The summed E-state index contributed by atoms with van der Waals surface area (Å²) >= 11 is 4.66. The summed E-state index contributed by atoms with van der Waals surface area (Å²) in [4.78, 5) is 18.4. The second-order valence-corrected chi connectivity index (χ2v) is 9.42. The molecule has 0 spiro atoms. The van der Waals surface area contributed by atoms with E-state index in [-0.39, 0.29) is 5.91 Å². The summed E-state index contributed by atoms with van der Waals surface area (Å²) in [7, 11) is 0. The lowest BCUT2D eigenvalue weighted by Crippen LogP contribution is -2.12. The van der Waals surface area contributed by atoms with E-state index in [1.807, 2.05) is 42.5 Å². The predicted octanol–water partition coefficient (Wildman–Crippen LogP) is 4.85. The van der Waals surface area contributed by atoms with Gasteiger partial charge in [-0.05, 0) is 17.5 Å². The van der Waals surface area contributed by atoms with Gasteiger partial charge in [0.15, 0.2) is 9.99 Å². The predicted molar refractivity (Wildman–Crippen MR) is 120 cm³/mol. The van der Waals surface area contributed by atoms with Gasteiger partial charge in [0, 0.05) is 22.4 Å². The van der Waals surface area contributed by atoms with Crippen molar-refractivity contribution in [2.75, 3.05) is 5.32 Å². The zero-order valence-electron chi connectivity index (χ0n) is 15.4. The van der Waals surface area contributed by atoms with Crippen LogP contribution in [-0.2, 0) is 5.75 Å². The lowest BCUT2D eigenvalue weighted by molar-refractivity contribution is 0.102. The minimum absolute atomic E-state index is 0.311. The maximum Gasteiger partial charge on any atom is 0.262 e. The molecule has 0 aliphatic heterocycles. The molecule has 5 rings (SSSR count). The first kappa shape index (κ1) is 18.9. The number of rotatable bonds is 6. The molecule has 0 bridgehead atoms. The number of fused-ring (bicyclic) bond motifs is 1. The van der Waals surface area contributed by atoms with Crippen LogP contribution < -0.4 is 5.32 Å². The number of nitrogens with zero attached hydrogens (tertiary/aromatic N) is 5. The molecule has 0 aliphatic rings. The highest BCUT2D eigenvalue weighted by Crippen LogP contribution is 2.30. The molecule has 0 fully saturated rings. The molecule has 148 valence electrons. The van der Waals surface area contributed by atoms with Crippen LogP contribution in [0.5, 0.6) is 0 Å². The molecular weight excluding hydrogens is 436 g/mol. The number of thioether (sulfide) groups is 1. The van der Waals surface area contributed by atoms with E-state index in [9.17, 15) is 4.79 Å². The summed E-state index contributed by atoms with van der Waals surface area (Å²) in [6.07, 6.45) is 3.21. The summed E-state index contributed by atoms with van der Waals surface area (Å²) in [6, 6.07) is 15.9. The minimum Gasteiger partial charge on any atom is -0.296 e. The molecule has 0 unspecified atom stereocenters. The highest BCUT2D eigenvalue weighted by atomic mass is 32.2. The molecule has 30 heavy (non-hydrogen) atoms. The van der Waals surface area contributed by atoms with Crippen molar-refractivity contribution in [1.29, 1.82) is 0 Å². The first-order chi connectivity index (χ1) is 14.8. The smallest absolute Gasteiger partial charge is 0.262 e. The molecule has 4 aromatic heterocycles. The van der Waals surface area contributed by atoms with E-state index in [4.69, 9.17) is 0 Å². The van der Waals surface area contributed by atoms with E-state index in [1.54, 1.807) is 33.8 Å². The van der Waals surface area contributed by atoms with Crippen molar-refractivity contribution in [3.63, 3.8) is 0 Å². The highest BCUT2D eigenvalue weighted by molar-refractivity contribution is 8.00. The molecule has 10 heteroatoms. The van der Waals surface area contributed by atoms with Crippen LogP contribution in [-0.4, -0.2) is 30.7 Å². The summed E-state index contributed by atoms with van der Waals surface area (Å²) in [5, 5.41) is 17.9. The van der Waals surface area contributed by atoms with Gasteiger partial charge < -0.3 is 0 Å². The van der Waals surface area contributed by atoms with E-state index in [1.165, 1.54) is 22.4 Å². The number of benzene rings is 1.